The molecule has 2 aromatic heterocycles. The molecule has 0 aliphatic heterocycles. The Bertz CT molecular complexity index is 1210. The maximum Gasteiger partial charge on any atom is 0.339 e. The highest BCUT2D eigenvalue weighted by Gasteiger charge is 2.22. The second-order valence-electron chi connectivity index (χ2n) is 7.93. The Labute approximate surface area is 175 Å². The van der Waals surface area contributed by atoms with E-state index in [1.807, 2.05) is 36.5 Å². The number of nitrogens with zero attached hydrogens (tertiary/aromatic N) is 2. The van der Waals surface area contributed by atoms with Crippen LogP contribution in [0.1, 0.15) is 46.7 Å². The summed E-state index contributed by atoms with van der Waals surface area (Å²) < 4.78 is 2.21. The summed E-state index contributed by atoms with van der Waals surface area (Å²) >= 11 is 0. The Morgan fingerprint density at radius 3 is 2.67 bits per heavy atom. The van der Waals surface area contributed by atoms with E-state index in [0.29, 0.717) is 11.7 Å². The molecule has 0 unspecified atom stereocenters. The third kappa shape index (κ3) is 3.54. The Hall–Kier alpha value is -3.60. The quantitative estimate of drug-likeness (QED) is 0.432. The van der Waals surface area contributed by atoms with E-state index < -0.39 is 5.97 Å². The highest BCUT2D eigenvalue weighted by Crippen LogP contribution is 2.37. The summed E-state index contributed by atoms with van der Waals surface area (Å²) in [4.78, 5) is 16.2. The van der Waals surface area contributed by atoms with Crippen LogP contribution >= 0.6 is 0 Å². The molecular weight excluding hydrogens is 374 g/mol. The smallest absolute Gasteiger partial charge is 0.339 e. The molecular formula is C25H23N3O2. The number of carbonyl (C=O) groups is 1. The molecule has 2 aromatic carbocycles. The summed E-state index contributed by atoms with van der Waals surface area (Å²) in [6, 6.07) is 20.3. The number of hydrogen-bond acceptors (Lipinski definition) is 3. The minimum Gasteiger partial charge on any atom is -0.478 e. The minimum absolute atomic E-state index is 0.223. The van der Waals surface area contributed by atoms with Crippen molar-refractivity contribution in [3.8, 4) is 0 Å². The van der Waals surface area contributed by atoms with Gasteiger partial charge in [0, 0.05) is 35.5 Å². The molecule has 1 aliphatic carbocycles. The van der Waals surface area contributed by atoms with Gasteiger partial charge in [-0.05, 0) is 60.2 Å². The fourth-order valence-electron chi connectivity index (χ4n) is 4.04. The fraction of sp³-hybridized carbons (Fsp3) is 0.200. The molecule has 1 aliphatic rings. The number of carboxylic acids is 1. The number of rotatable bonds is 6. The van der Waals surface area contributed by atoms with Gasteiger partial charge >= 0.3 is 5.97 Å². The monoisotopic (exact) mass is 397 g/mol. The molecule has 1 fully saturated rings. The van der Waals surface area contributed by atoms with Gasteiger partial charge in [0.2, 0.25) is 0 Å². The van der Waals surface area contributed by atoms with Crippen molar-refractivity contribution in [1.82, 2.24) is 9.55 Å². The molecule has 0 atom stereocenters. The molecule has 0 radical (unpaired) electrons. The molecule has 1 saturated carbocycles. The normalized spacial score (nSPS) is 13.9. The van der Waals surface area contributed by atoms with Crippen molar-refractivity contribution < 1.29 is 9.90 Å². The Morgan fingerprint density at radius 2 is 1.93 bits per heavy atom. The van der Waals surface area contributed by atoms with E-state index in [1.165, 1.54) is 12.0 Å². The van der Waals surface area contributed by atoms with Crippen LogP contribution in [0, 0.1) is 0 Å². The Balaban J connectivity index is 1.41. The Morgan fingerprint density at radius 1 is 1.10 bits per heavy atom. The number of benzene rings is 2. The lowest BCUT2D eigenvalue weighted by Crippen LogP contribution is -2.12. The highest BCUT2D eigenvalue weighted by atomic mass is 16.4. The van der Waals surface area contributed by atoms with Crippen LogP contribution in [0.15, 0.2) is 73.1 Å². The number of fused-ring (bicyclic) bond motifs is 1. The predicted molar refractivity (Wildman–Crippen MR) is 119 cm³/mol. The van der Waals surface area contributed by atoms with Crippen LogP contribution in [0.25, 0.3) is 10.9 Å². The van der Waals surface area contributed by atoms with Gasteiger partial charge in [0.25, 0.3) is 0 Å². The topological polar surface area (TPSA) is 67.2 Å². The van der Waals surface area contributed by atoms with Gasteiger partial charge < -0.3 is 15.0 Å². The van der Waals surface area contributed by atoms with Gasteiger partial charge in [-0.25, -0.2) is 9.78 Å². The number of pyridine rings is 1. The van der Waals surface area contributed by atoms with E-state index in [1.54, 1.807) is 6.07 Å². The van der Waals surface area contributed by atoms with Gasteiger partial charge in [0.15, 0.2) is 0 Å². The van der Waals surface area contributed by atoms with E-state index in [-0.39, 0.29) is 5.56 Å². The molecule has 5 heteroatoms. The number of carboxylic acid groups (broad SMARTS) is 1. The summed E-state index contributed by atoms with van der Waals surface area (Å²) in [5.41, 5.74) is 4.46. The first-order valence-electron chi connectivity index (χ1n) is 10.3. The van der Waals surface area contributed by atoms with Gasteiger partial charge in [0.1, 0.15) is 11.4 Å². The number of nitrogens with one attached hydrogen (secondary N) is 1. The zero-order chi connectivity index (χ0) is 20.5. The second kappa shape index (κ2) is 7.67. The lowest BCUT2D eigenvalue weighted by Gasteiger charge is -2.26. The number of aromatic carboxylic acids is 1. The van der Waals surface area contributed by atoms with Crippen LogP contribution in [0.4, 0.5) is 11.5 Å². The summed E-state index contributed by atoms with van der Waals surface area (Å²) in [7, 11) is 0. The molecule has 2 N–H and O–H groups in total. The number of anilines is 2. The molecule has 30 heavy (non-hydrogen) atoms. The average molecular weight is 397 g/mol. The van der Waals surface area contributed by atoms with Gasteiger partial charge in [-0.2, -0.15) is 0 Å². The van der Waals surface area contributed by atoms with Crippen molar-refractivity contribution in [2.75, 3.05) is 5.32 Å². The predicted octanol–water partition coefficient (Wildman–Crippen LogP) is 5.79. The van der Waals surface area contributed by atoms with Crippen molar-refractivity contribution in [3.63, 3.8) is 0 Å². The second-order valence-corrected chi connectivity index (χ2v) is 7.93. The largest absolute Gasteiger partial charge is 0.478 e. The van der Waals surface area contributed by atoms with Crippen LogP contribution in [-0.2, 0) is 6.54 Å². The molecule has 4 aromatic rings. The average Bonchev–Trinajstić information content (AvgIpc) is 3.10. The zero-order valence-corrected chi connectivity index (χ0v) is 16.6. The molecule has 0 amide bonds. The van der Waals surface area contributed by atoms with Crippen molar-refractivity contribution in [1.29, 1.82) is 0 Å². The maximum atomic E-state index is 11.8. The molecule has 0 spiro atoms. The van der Waals surface area contributed by atoms with Crippen molar-refractivity contribution in [2.45, 2.75) is 31.7 Å². The van der Waals surface area contributed by atoms with E-state index in [4.69, 9.17) is 0 Å². The van der Waals surface area contributed by atoms with E-state index in [9.17, 15) is 9.90 Å². The Kier molecular flexibility index (Phi) is 4.71. The van der Waals surface area contributed by atoms with Gasteiger partial charge in [0.05, 0.1) is 0 Å². The minimum atomic E-state index is -0.957. The summed E-state index contributed by atoms with van der Waals surface area (Å²) in [5.74, 6) is -0.125. The standard InChI is InChI=1S/C25H23N3O2/c29-25(30)22-14-20(18-7-4-8-18)15-26-24(22)27-21-9-10-23-19(13-21)11-12-28(23)16-17-5-2-1-3-6-17/h1-3,5-6,9-15,18H,4,7-8,16H2,(H,26,27)(H,29,30). The molecule has 5 nitrogen and oxygen atoms in total. The summed E-state index contributed by atoms with van der Waals surface area (Å²) in [6.07, 6.45) is 7.33. The van der Waals surface area contributed by atoms with Crippen LogP contribution < -0.4 is 5.32 Å². The third-order valence-electron chi connectivity index (χ3n) is 5.95. The number of hydrogen-bond donors (Lipinski definition) is 2. The first kappa shape index (κ1) is 18.4. The molecule has 0 bridgehead atoms. The first-order valence-corrected chi connectivity index (χ1v) is 10.3. The van der Waals surface area contributed by atoms with Crippen LogP contribution in [-0.4, -0.2) is 20.6 Å². The third-order valence-corrected chi connectivity index (χ3v) is 5.95. The molecule has 5 rings (SSSR count). The van der Waals surface area contributed by atoms with Gasteiger partial charge in [-0.1, -0.05) is 36.8 Å². The van der Waals surface area contributed by atoms with Crippen LogP contribution in [0.2, 0.25) is 0 Å². The SMILES string of the molecule is O=C(O)c1cc(C2CCC2)cnc1Nc1ccc2c(ccn2Cc2ccccc2)c1. The highest BCUT2D eigenvalue weighted by molar-refractivity contribution is 5.94. The maximum absolute atomic E-state index is 11.8. The van der Waals surface area contributed by atoms with Crippen molar-refractivity contribution in [3.05, 3.63) is 89.7 Å². The summed E-state index contributed by atoms with van der Waals surface area (Å²) in [5, 5.41) is 14.0. The number of aromatic nitrogens is 2. The van der Waals surface area contributed by atoms with Gasteiger partial charge in [-0.15, -0.1) is 0 Å². The fourth-order valence-corrected chi connectivity index (χ4v) is 4.04. The zero-order valence-electron chi connectivity index (χ0n) is 16.6. The summed E-state index contributed by atoms with van der Waals surface area (Å²) in [6.45, 7) is 0.810. The lowest BCUT2D eigenvalue weighted by atomic mass is 9.80. The van der Waals surface area contributed by atoms with E-state index >= 15 is 0 Å². The molecule has 150 valence electrons. The van der Waals surface area contributed by atoms with Crippen LogP contribution in [0.5, 0.6) is 0 Å². The lowest BCUT2D eigenvalue weighted by molar-refractivity contribution is 0.0697. The van der Waals surface area contributed by atoms with E-state index in [0.717, 1.165) is 41.5 Å². The van der Waals surface area contributed by atoms with Crippen molar-refractivity contribution >= 4 is 28.4 Å². The first-order chi connectivity index (χ1) is 14.7. The van der Waals surface area contributed by atoms with E-state index in [2.05, 4.69) is 45.3 Å². The molecule has 0 saturated heterocycles. The van der Waals surface area contributed by atoms with Gasteiger partial charge in [-0.3, -0.25) is 0 Å². The van der Waals surface area contributed by atoms with Crippen molar-refractivity contribution in [2.24, 2.45) is 0 Å². The molecule has 2 heterocycles. The van der Waals surface area contributed by atoms with Crippen LogP contribution in [0.3, 0.4) is 0 Å².